The van der Waals surface area contributed by atoms with Gasteiger partial charge in [0.25, 0.3) is 0 Å². The van der Waals surface area contributed by atoms with Crippen LogP contribution in [0.1, 0.15) is 13.3 Å². The van der Waals surface area contributed by atoms with Gasteiger partial charge in [0, 0.05) is 0 Å². The lowest BCUT2D eigenvalue weighted by atomic mass is 10.0. The first-order valence-corrected chi connectivity index (χ1v) is 3.51. The van der Waals surface area contributed by atoms with Crippen LogP contribution in [0.3, 0.4) is 0 Å². The quantitative estimate of drug-likeness (QED) is 0.514. The maximum absolute atomic E-state index is 3.72. The molecule has 0 aliphatic heterocycles. The lowest BCUT2D eigenvalue weighted by Crippen LogP contribution is -1.86. The summed E-state index contributed by atoms with van der Waals surface area (Å²) in [6.07, 6.45) is 11.4. The van der Waals surface area contributed by atoms with Crippen molar-refractivity contribution in [2.75, 3.05) is 0 Å². The Hall–Kier alpha value is -1.04. The van der Waals surface area contributed by atoms with Crippen LogP contribution in [0.5, 0.6) is 0 Å². The van der Waals surface area contributed by atoms with Crippen molar-refractivity contribution in [3.8, 4) is 0 Å². The molecule has 0 fully saturated rings. The normalized spacial score (nSPS) is 20.9. The van der Waals surface area contributed by atoms with Crippen molar-refractivity contribution in [3.63, 3.8) is 0 Å². The maximum Gasteiger partial charge on any atom is -0.00293 e. The van der Waals surface area contributed by atoms with Gasteiger partial charge in [0.15, 0.2) is 0 Å². The smallest absolute Gasteiger partial charge is 0.00293 e. The third-order valence-corrected chi connectivity index (χ3v) is 1.66. The highest BCUT2D eigenvalue weighted by Gasteiger charge is 1.97. The predicted octanol–water partition coefficient (Wildman–Crippen LogP) is 3.01. The Kier molecular flexibility index (Phi) is 2.27. The average molecular weight is 132 g/mol. The molecule has 0 unspecified atom stereocenters. The number of rotatable bonds is 1. The molecule has 0 bridgehead atoms. The first-order valence-electron chi connectivity index (χ1n) is 3.51. The van der Waals surface area contributed by atoms with E-state index in [-0.39, 0.29) is 0 Å². The Balaban J connectivity index is 2.77. The van der Waals surface area contributed by atoms with E-state index in [0.717, 1.165) is 6.42 Å². The summed E-state index contributed by atoms with van der Waals surface area (Å²) in [6.45, 7) is 5.78. The Morgan fingerprint density at radius 3 is 3.00 bits per heavy atom. The molecule has 0 radical (unpaired) electrons. The number of hydrogen-bond acceptors (Lipinski definition) is 0. The van der Waals surface area contributed by atoms with Gasteiger partial charge < -0.3 is 0 Å². The van der Waals surface area contributed by atoms with Crippen LogP contribution in [-0.4, -0.2) is 0 Å². The Bertz CT molecular complexity index is 214. The second kappa shape index (κ2) is 3.21. The van der Waals surface area contributed by atoms with Gasteiger partial charge in [-0.3, -0.25) is 0 Å². The fourth-order valence-electron chi connectivity index (χ4n) is 0.987. The van der Waals surface area contributed by atoms with E-state index in [4.69, 9.17) is 0 Å². The molecule has 0 nitrogen and oxygen atoms in total. The fourth-order valence-corrected chi connectivity index (χ4v) is 0.987. The summed E-state index contributed by atoms with van der Waals surface area (Å²) in [6, 6.07) is 0. The Morgan fingerprint density at radius 2 is 2.40 bits per heavy atom. The molecule has 0 saturated heterocycles. The highest BCUT2D eigenvalue weighted by molar-refractivity contribution is 5.38. The van der Waals surface area contributed by atoms with Gasteiger partial charge in [-0.15, -0.1) is 0 Å². The van der Waals surface area contributed by atoms with E-state index in [0.29, 0.717) is 0 Å². The summed E-state index contributed by atoms with van der Waals surface area (Å²) in [5, 5.41) is 0. The van der Waals surface area contributed by atoms with Gasteiger partial charge in [-0.05, 0) is 24.5 Å². The molecule has 0 aromatic heterocycles. The molecule has 0 atom stereocenters. The molecular weight excluding hydrogens is 120 g/mol. The first kappa shape index (κ1) is 7.07. The second-order valence-corrected chi connectivity index (χ2v) is 2.35. The number of allylic oxidation sites excluding steroid dienone is 7. The van der Waals surface area contributed by atoms with Crippen LogP contribution < -0.4 is 0 Å². The molecule has 0 saturated carbocycles. The monoisotopic (exact) mass is 132 g/mol. The molecule has 10 heavy (non-hydrogen) atoms. The van der Waals surface area contributed by atoms with E-state index in [1.54, 1.807) is 0 Å². The largest absolute Gasteiger partial charge is 0.0988 e. The lowest BCUT2D eigenvalue weighted by molar-refractivity contribution is 1.18. The van der Waals surface area contributed by atoms with Crippen LogP contribution in [0.25, 0.3) is 0 Å². The van der Waals surface area contributed by atoms with Gasteiger partial charge in [-0.1, -0.05) is 37.0 Å². The third kappa shape index (κ3) is 1.47. The summed E-state index contributed by atoms with van der Waals surface area (Å²) >= 11 is 0. The molecule has 1 aliphatic carbocycles. The van der Waals surface area contributed by atoms with E-state index in [1.807, 2.05) is 6.08 Å². The van der Waals surface area contributed by atoms with Crippen molar-refractivity contribution in [2.24, 2.45) is 0 Å². The van der Waals surface area contributed by atoms with E-state index in [1.165, 1.54) is 11.1 Å². The van der Waals surface area contributed by atoms with Gasteiger partial charge in [0.05, 0.1) is 0 Å². The lowest BCUT2D eigenvalue weighted by Gasteiger charge is -2.05. The van der Waals surface area contributed by atoms with Crippen molar-refractivity contribution < 1.29 is 0 Å². The van der Waals surface area contributed by atoms with E-state index >= 15 is 0 Å². The molecule has 0 amide bonds. The van der Waals surface area contributed by atoms with Gasteiger partial charge in [0.1, 0.15) is 0 Å². The molecule has 0 aromatic rings. The topological polar surface area (TPSA) is 0 Å². The molecular formula is C10H12. The van der Waals surface area contributed by atoms with Crippen molar-refractivity contribution >= 4 is 0 Å². The third-order valence-electron chi connectivity index (χ3n) is 1.66. The minimum Gasteiger partial charge on any atom is -0.0988 e. The van der Waals surface area contributed by atoms with Crippen LogP contribution in [-0.2, 0) is 0 Å². The average Bonchev–Trinajstić information content (AvgIpc) is 2.05. The van der Waals surface area contributed by atoms with Crippen molar-refractivity contribution in [1.82, 2.24) is 0 Å². The van der Waals surface area contributed by atoms with Crippen molar-refractivity contribution in [2.45, 2.75) is 13.3 Å². The van der Waals surface area contributed by atoms with Gasteiger partial charge >= 0.3 is 0 Å². The Labute approximate surface area is 62.3 Å². The maximum atomic E-state index is 3.72. The van der Waals surface area contributed by atoms with Crippen LogP contribution in [0.4, 0.5) is 0 Å². The van der Waals surface area contributed by atoms with E-state index < -0.39 is 0 Å². The van der Waals surface area contributed by atoms with Crippen molar-refractivity contribution in [1.29, 1.82) is 0 Å². The highest BCUT2D eigenvalue weighted by atomic mass is 14.0. The van der Waals surface area contributed by atoms with Crippen LogP contribution in [0, 0.1) is 0 Å². The van der Waals surface area contributed by atoms with Crippen LogP contribution >= 0.6 is 0 Å². The molecule has 0 aromatic carbocycles. The van der Waals surface area contributed by atoms with E-state index in [2.05, 4.69) is 37.8 Å². The van der Waals surface area contributed by atoms with Gasteiger partial charge in [-0.2, -0.15) is 0 Å². The zero-order valence-electron chi connectivity index (χ0n) is 6.30. The second-order valence-electron chi connectivity index (χ2n) is 2.35. The van der Waals surface area contributed by atoms with Gasteiger partial charge in [-0.25, -0.2) is 0 Å². The SMILES string of the molecule is C=CC1=CC=C/C(=C\C)C1. The summed E-state index contributed by atoms with van der Waals surface area (Å²) < 4.78 is 0. The highest BCUT2D eigenvalue weighted by Crippen LogP contribution is 2.17. The first-order chi connectivity index (χ1) is 4.86. The molecule has 0 spiro atoms. The molecule has 1 rings (SSSR count). The molecule has 1 aliphatic rings. The van der Waals surface area contributed by atoms with Gasteiger partial charge in [0.2, 0.25) is 0 Å². The summed E-state index contributed by atoms with van der Waals surface area (Å²) in [5.74, 6) is 0. The molecule has 0 heterocycles. The molecule has 0 heteroatoms. The zero-order valence-corrected chi connectivity index (χ0v) is 6.30. The predicted molar refractivity (Wildman–Crippen MR) is 45.8 cm³/mol. The standard InChI is InChI=1S/C10H12/c1-3-9-6-5-7-10(4-2)8-9/h3-7H,1,8H2,2H3/b10-4+. The molecule has 52 valence electrons. The van der Waals surface area contributed by atoms with Crippen molar-refractivity contribution in [3.05, 3.63) is 48.1 Å². The Morgan fingerprint density at radius 1 is 1.60 bits per heavy atom. The fraction of sp³-hybridized carbons (Fsp3) is 0.200. The van der Waals surface area contributed by atoms with Crippen LogP contribution in [0.15, 0.2) is 48.1 Å². The minimum absolute atomic E-state index is 1.04. The summed E-state index contributed by atoms with van der Waals surface area (Å²) in [5.41, 5.74) is 2.67. The zero-order chi connectivity index (χ0) is 7.40. The summed E-state index contributed by atoms with van der Waals surface area (Å²) in [4.78, 5) is 0. The van der Waals surface area contributed by atoms with E-state index in [9.17, 15) is 0 Å². The summed E-state index contributed by atoms with van der Waals surface area (Å²) in [7, 11) is 0. The minimum atomic E-state index is 1.04. The number of hydrogen-bond donors (Lipinski definition) is 0. The van der Waals surface area contributed by atoms with Crippen LogP contribution in [0.2, 0.25) is 0 Å². The molecule has 0 N–H and O–H groups in total.